The highest BCUT2D eigenvalue weighted by Crippen LogP contribution is 2.23. The van der Waals surface area contributed by atoms with E-state index >= 15 is 0 Å². The van der Waals surface area contributed by atoms with Crippen molar-refractivity contribution in [1.82, 2.24) is 4.42 Å². The summed E-state index contributed by atoms with van der Waals surface area (Å²) in [4.78, 5) is 0. The van der Waals surface area contributed by atoms with E-state index in [2.05, 4.69) is 0 Å². The molecule has 0 atom stereocenters. The fraction of sp³-hybridized carbons (Fsp3) is 0.500. The second-order valence-electron chi connectivity index (χ2n) is 1.42. The lowest BCUT2D eigenvalue weighted by molar-refractivity contribution is 0.673. The molecule has 7 heavy (non-hydrogen) atoms. The smallest absolute Gasteiger partial charge is 0.0841 e. The Balaban J connectivity index is 2.54. The summed E-state index contributed by atoms with van der Waals surface area (Å²) in [6.45, 7) is 1.99. The van der Waals surface area contributed by atoms with Gasteiger partial charge in [0.15, 0.2) is 0 Å². The van der Waals surface area contributed by atoms with Crippen molar-refractivity contribution < 1.29 is 0 Å². The van der Waals surface area contributed by atoms with Gasteiger partial charge in [-0.15, -0.1) is 11.8 Å². The average molecular weight is 136 g/mol. The van der Waals surface area contributed by atoms with Crippen molar-refractivity contribution in [2.24, 2.45) is 0 Å². The van der Waals surface area contributed by atoms with Crippen LogP contribution in [0.1, 0.15) is 6.92 Å². The van der Waals surface area contributed by atoms with Crippen LogP contribution in [-0.4, -0.2) is 10.3 Å². The number of thioether (sulfide) groups is 1. The summed E-state index contributed by atoms with van der Waals surface area (Å²) in [5, 5.41) is 2.05. The summed E-state index contributed by atoms with van der Waals surface area (Å²) in [5.41, 5.74) is 1.15. The van der Waals surface area contributed by atoms with E-state index in [1.165, 1.54) is 0 Å². The van der Waals surface area contributed by atoms with Crippen LogP contribution in [0.3, 0.4) is 0 Å². The van der Waals surface area contributed by atoms with E-state index < -0.39 is 0 Å². The van der Waals surface area contributed by atoms with E-state index in [4.69, 9.17) is 11.8 Å². The molecule has 0 fully saturated rings. The third-order valence-corrected chi connectivity index (χ3v) is 2.27. The van der Waals surface area contributed by atoms with Gasteiger partial charge in [0.25, 0.3) is 0 Å². The standard InChI is InChI=1S/C4H6ClNS/c1-4-2-7-3-6(4)5/h2H,3H2,1H3. The lowest BCUT2D eigenvalue weighted by Crippen LogP contribution is -2.00. The van der Waals surface area contributed by atoms with Crippen LogP contribution in [-0.2, 0) is 0 Å². The summed E-state index contributed by atoms with van der Waals surface area (Å²) in [5.74, 6) is 0.896. The van der Waals surface area contributed by atoms with Crippen LogP contribution in [0.25, 0.3) is 0 Å². The molecule has 0 aliphatic carbocycles. The van der Waals surface area contributed by atoms with Crippen LogP contribution in [0.5, 0.6) is 0 Å². The van der Waals surface area contributed by atoms with Crippen LogP contribution in [0.15, 0.2) is 11.1 Å². The molecule has 0 unspecified atom stereocenters. The SMILES string of the molecule is CC1=CSCN1Cl. The van der Waals surface area contributed by atoms with Gasteiger partial charge in [0.05, 0.1) is 5.88 Å². The molecule has 1 aliphatic rings. The zero-order valence-corrected chi connectivity index (χ0v) is 5.59. The predicted octanol–water partition coefficient (Wildman–Crippen LogP) is 2.01. The number of rotatable bonds is 0. The number of allylic oxidation sites excluding steroid dienone is 1. The predicted molar refractivity (Wildman–Crippen MR) is 33.9 cm³/mol. The van der Waals surface area contributed by atoms with Crippen molar-refractivity contribution >= 4 is 23.5 Å². The molecule has 0 saturated heterocycles. The molecule has 1 aliphatic heterocycles. The number of hydrogen-bond donors (Lipinski definition) is 0. The zero-order valence-electron chi connectivity index (χ0n) is 4.02. The van der Waals surface area contributed by atoms with Gasteiger partial charge in [-0.1, -0.05) is 0 Å². The van der Waals surface area contributed by atoms with E-state index in [0.717, 1.165) is 11.6 Å². The highest BCUT2D eigenvalue weighted by molar-refractivity contribution is 8.02. The van der Waals surface area contributed by atoms with Gasteiger partial charge in [0.1, 0.15) is 0 Å². The first-order valence-corrected chi connectivity index (χ1v) is 3.41. The maximum absolute atomic E-state index is 5.61. The molecule has 1 heterocycles. The molecule has 0 spiro atoms. The summed E-state index contributed by atoms with van der Waals surface area (Å²) in [7, 11) is 0. The Kier molecular flexibility index (Phi) is 1.50. The van der Waals surface area contributed by atoms with Gasteiger partial charge in [-0.25, -0.2) is 0 Å². The number of hydrogen-bond acceptors (Lipinski definition) is 2. The molecule has 0 radical (unpaired) electrons. The molecule has 0 bridgehead atoms. The normalized spacial score (nSPS) is 20.3. The van der Waals surface area contributed by atoms with Crippen LogP contribution in [0.4, 0.5) is 0 Å². The maximum atomic E-state index is 5.61. The minimum Gasteiger partial charge on any atom is -0.279 e. The topological polar surface area (TPSA) is 3.24 Å². The zero-order chi connectivity index (χ0) is 5.28. The van der Waals surface area contributed by atoms with Gasteiger partial charge in [0, 0.05) is 17.5 Å². The molecule has 1 nitrogen and oxygen atoms in total. The minimum absolute atomic E-state index is 0.896. The number of halogens is 1. The monoisotopic (exact) mass is 135 g/mol. The highest BCUT2D eigenvalue weighted by atomic mass is 35.5. The Bertz CT molecular complexity index is 102. The summed E-state index contributed by atoms with van der Waals surface area (Å²) in [6, 6.07) is 0. The van der Waals surface area contributed by atoms with Crippen molar-refractivity contribution in [1.29, 1.82) is 0 Å². The van der Waals surface area contributed by atoms with Crippen LogP contribution in [0, 0.1) is 0 Å². The van der Waals surface area contributed by atoms with E-state index in [9.17, 15) is 0 Å². The quantitative estimate of drug-likeness (QED) is 0.468. The molecule has 0 amide bonds. The van der Waals surface area contributed by atoms with E-state index in [0.29, 0.717) is 0 Å². The summed E-state index contributed by atoms with van der Waals surface area (Å²) >= 11 is 7.33. The Morgan fingerprint density at radius 1 is 2.00 bits per heavy atom. The fourth-order valence-electron chi connectivity index (χ4n) is 0.382. The summed E-state index contributed by atoms with van der Waals surface area (Å²) in [6.07, 6.45) is 0. The van der Waals surface area contributed by atoms with Gasteiger partial charge >= 0.3 is 0 Å². The van der Waals surface area contributed by atoms with Crippen molar-refractivity contribution in [3.63, 3.8) is 0 Å². The lowest BCUT2D eigenvalue weighted by atomic mass is 10.6. The van der Waals surface area contributed by atoms with E-state index in [1.807, 2.05) is 12.3 Å². The molecule has 0 aromatic carbocycles. The van der Waals surface area contributed by atoms with Gasteiger partial charge < -0.3 is 0 Å². The van der Waals surface area contributed by atoms with E-state index in [-0.39, 0.29) is 0 Å². The molecule has 1 rings (SSSR count). The fourth-order valence-corrected chi connectivity index (χ4v) is 1.44. The van der Waals surface area contributed by atoms with Crippen LogP contribution in [0.2, 0.25) is 0 Å². The third-order valence-electron chi connectivity index (χ3n) is 0.824. The Hall–Kier alpha value is 0.180. The van der Waals surface area contributed by atoms with Crippen molar-refractivity contribution in [2.45, 2.75) is 6.92 Å². The van der Waals surface area contributed by atoms with Crippen molar-refractivity contribution in [3.05, 3.63) is 11.1 Å². The summed E-state index contributed by atoms with van der Waals surface area (Å²) < 4.78 is 1.70. The third kappa shape index (κ3) is 1.04. The van der Waals surface area contributed by atoms with Gasteiger partial charge in [0.2, 0.25) is 0 Å². The van der Waals surface area contributed by atoms with Crippen LogP contribution >= 0.6 is 23.5 Å². The van der Waals surface area contributed by atoms with Crippen molar-refractivity contribution in [2.75, 3.05) is 5.88 Å². The maximum Gasteiger partial charge on any atom is 0.0841 e. The molecule has 0 N–H and O–H groups in total. The molecular weight excluding hydrogens is 130 g/mol. The molecule has 40 valence electrons. The highest BCUT2D eigenvalue weighted by Gasteiger charge is 2.05. The Morgan fingerprint density at radius 3 is 2.86 bits per heavy atom. The Morgan fingerprint density at radius 2 is 2.71 bits per heavy atom. The Labute approximate surface area is 52.4 Å². The first-order chi connectivity index (χ1) is 3.30. The minimum atomic E-state index is 0.896. The van der Waals surface area contributed by atoms with Gasteiger partial charge in [-0.2, -0.15) is 0 Å². The first kappa shape index (κ1) is 5.32. The van der Waals surface area contributed by atoms with Gasteiger partial charge in [-0.3, -0.25) is 4.42 Å². The molecule has 0 aromatic heterocycles. The van der Waals surface area contributed by atoms with Gasteiger partial charge in [-0.05, 0) is 12.3 Å². The van der Waals surface area contributed by atoms with E-state index in [1.54, 1.807) is 16.2 Å². The number of nitrogens with zero attached hydrogens (tertiary/aromatic N) is 1. The lowest BCUT2D eigenvalue weighted by Gasteiger charge is -2.04. The largest absolute Gasteiger partial charge is 0.279 e. The molecular formula is C4H6ClNS. The molecule has 0 aromatic rings. The second-order valence-corrected chi connectivity index (χ2v) is 2.65. The van der Waals surface area contributed by atoms with Crippen LogP contribution < -0.4 is 0 Å². The average Bonchev–Trinajstić information content (AvgIpc) is 1.91. The van der Waals surface area contributed by atoms with Crippen molar-refractivity contribution in [3.8, 4) is 0 Å². The molecule has 0 saturated carbocycles. The second kappa shape index (κ2) is 1.97. The first-order valence-electron chi connectivity index (χ1n) is 2.02. The molecule has 3 heteroatoms.